The van der Waals surface area contributed by atoms with Gasteiger partial charge in [0.05, 0.1) is 0 Å². The van der Waals surface area contributed by atoms with Crippen LogP contribution >= 0.6 is 11.3 Å². The molecule has 0 atom stereocenters. The second-order valence-electron chi connectivity index (χ2n) is 8.63. The fraction of sp³-hybridized carbons (Fsp3) is 0.579. The van der Waals surface area contributed by atoms with Crippen molar-refractivity contribution >= 4 is 28.1 Å². The van der Waals surface area contributed by atoms with Crippen LogP contribution in [0.25, 0.3) is 4.96 Å². The average Bonchev–Trinajstić information content (AvgIpc) is 3.08. The Kier molecular flexibility index (Phi) is 3.86. The molecule has 6 rings (SSSR count). The number of carbonyl (C=O) groups excluding carboxylic acids is 2. The largest absolute Gasteiger partial charge is 0.276 e. The molecule has 0 aromatic carbocycles. The van der Waals surface area contributed by atoms with Gasteiger partial charge < -0.3 is 0 Å². The van der Waals surface area contributed by atoms with E-state index in [1.54, 1.807) is 11.6 Å². The SMILES string of the molecule is O=C(CC12CC3CC(CC(C3)C1)C2)NNC(=O)c1cnc2sccn2c1=O. The van der Waals surface area contributed by atoms with E-state index in [2.05, 4.69) is 15.8 Å². The van der Waals surface area contributed by atoms with Crippen molar-refractivity contribution in [3.8, 4) is 0 Å². The van der Waals surface area contributed by atoms with Crippen molar-refractivity contribution < 1.29 is 9.59 Å². The highest BCUT2D eigenvalue weighted by Crippen LogP contribution is 2.61. The number of fused-ring (bicyclic) bond motifs is 1. The summed E-state index contributed by atoms with van der Waals surface area (Å²) >= 11 is 1.32. The molecule has 0 spiro atoms. The van der Waals surface area contributed by atoms with E-state index in [0.29, 0.717) is 11.4 Å². The number of amides is 2. The first-order valence-corrected chi connectivity index (χ1v) is 10.4. The molecule has 4 aliphatic carbocycles. The number of hydrazine groups is 1. The number of carbonyl (C=O) groups is 2. The lowest BCUT2D eigenvalue weighted by Gasteiger charge is -2.56. The van der Waals surface area contributed by atoms with Gasteiger partial charge in [-0.05, 0) is 61.7 Å². The summed E-state index contributed by atoms with van der Waals surface area (Å²) in [6, 6.07) is 0. The molecule has 4 fully saturated rings. The second kappa shape index (κ2) is 6.15. The van der Waals surface area contributed by atoms with Crippen molar-refractivity contribution in [2.75, 3.05) is 0 Å². The maximum atomic E-state index is 12.5. The first kappa shape index (κ1) is 16.9. The van der Waals surface area contributed by atoms with Crippen LogP contribution in [0.15, 0.2) is 22.6 Å². The highest BCUT2D eigenvalue weighted by atomic mass is 32.1. The highest BCUT2D eigenvalue weighted by Gasteiger charge is 2.51. The summed E-state index contributed by atoms with van der Waals surface area (Å²) in [6.07, 6.45) is 10.7. The normalized spacial score (nSPS) is 31.2. The third-order valence-corrected chi connectivity index (χ3v) is 7.37. The molecular formula is C19H22N4O3S. The number of hydrogen-bond donors (Lipinski definition) is 2. The lowest BCUT2D eigenvalue weighted by Crippen LogP contribution is -2.50. The number of rotatable bonds is 3. The molecule has 0 unspecified atom stereocenters. The quantitative estimate of drug-likeness (QED) is 0.791. The fourth-order valence-corrected chi connectivity index (χ4v) is 6.74. The van der Waals surface area contributed by atoms with E-state index in [0.717, 1.165) is 37.0 Å². The number of nitrogens with one attached hydrogen (secondary N) is 2. The van der Waals surface area contributed by atoms with Gasteiger partial charge in [0.1, 0.15) is 5.56 Å². The van der Waals surface area contributed by atoms with Gasteiger partial charge in [-0.3, -0.25) is 29.6 Å². The Balaban J connectivity index is 1.23. The molecule has 142 valence electrons. The van der Waals surface area contributed by atoms with Gasteiger partial charge in [-0.2, -0.15) is 0 Å². The lowest BCUT2D eigenvalue weighted by atomic mass is 9.49. The molecule has 2 aromatic heterocycles. The van der Waals surface area contributed by atoms with Gasteiger partial charge in [-0.15, -0.1) is 11.3 Å². The number of thiazole rings is 1. The molecular weight excluding hydrogens is 364 g/mol. The minimum Gasteiger partial charge on any atom is -0.273 e. The Morgan fingerprint density at radius 3 is 2.48 bits per heavy atom. The molecule has 2 amide bonds. The predicted octanol–water partition coefficient (Wildman–Crippen LogP) is 2.12. The zero-order valence-corrected chi connectivity index (χ0v) is 15.8. The van der Waals surface area contributed by atoms with Gasteiger partial charge in [0.25, 0.3) is 11.5 Å². The van der Waals surface area contributed by atoms with Crippen LogP contribution in [0.4, 0.5) is 0 Å². The van der Waals surface area contributed by atoms with Crippen LogP contribution in [0.2, 0.25) is 0 Å². The molecule has 0 saturated heterocycles. The molecule has 7 nitrogen and oxygen atoms in total. The Labute approximate surface area is 160 Å². The van der Waals surface area contributed by atoms with Gasteiger partial charge in [0.15, 0.2) is 4.96 Å². The van der Waals surface area contributed by atoms with Crippen molar-refractivity contribution in [1.82, 2.24) is 20.2 Å². The van der Waals surface area contributed by atoms with Crippen molar-refractivity contribution in [1.29, 1.82) is 0 Å². The van der Waals surface area contributed by atoms with E-state index in [1.807, 2.05) is 0 Å². The highest BCUT2D eigenvalue weighted by molar-refractivity contribution is 7.15. The third kappa shape index (κ3) is 2.96. The summed E-state index contributed by atoms with van der Waals surface area (Å²) in [4.78, 5) is 41.8. The van der Waals surface area contributed by atoms with Crippen molar-refractivity contribution in [2.45, 2.75) is 44.9 Å². The monoisotopic (exact) mass is 386 g/mol. The molecule has 27 heavy (non-hydrogen) atoms. The van der Waals surface area contributed by atoms with Crippen LogP contribution in [0.3, 0.4) is 0 Å². The van der Waals surface area contributed by atoms with Crippen LogP contribution in [0, 0.1) is 23.2 Å². The van der Waals surface area contributed by atoms with E-state index in [4.69, 9.17) is 0 Å². The van der Waals surface area contributed by atoms with E-state index in [1.165, 1.54) is 41.2 Å². The standard InChI is InChI=1S/C19H22N4O3S/c24-15(9-19-6-11-3-12(7-19)5-13(4-11)8-19)21-22-16(25)14-10-20-18-23(17(14)26)1-2-27-18/h1-2,10-13H,3-9H2,(H,21,24)(H,22,25). The van der Waals surface area contributed by atoms with E-state index < -0.39 is 11.5 Å². The number of aromatic nitrogens is 2. The molecule has 4 saturated carbocycles. The average molecular weight is 386 g/mol. The molecule has 0 radical (unpaired) electrons. The number of nitrogens with zero attached hydrogens (tertiary/aromatic N) is 2. The topological polar surface area (TPSA) is 92.6 Å². The van der Waals surface area contributed by atoms with Gasteiger partial charge >= 0.3 is 0 Å². The minimum absolute atomic E-state index is 0.0824. The predicted molar refractivity (Wildman–Crippen MR) is 100 cm³/mol. The van der Waals surface area contributed by atoms with Gasteiger partial charge in [0.2, 0.25) is 5.91 Å². The van der Waals surface area contributed by atoms with Gasteiger partial charge in [-0.1, -0.05) is 0 Å². The molecule has 2 heterocycles. The van der Waals surface area contributed by atoms with Crippen LogP contribution < -0.4 is 16.4 Å². The second-order valence-corrected chi connectivity index (χ2v) is 9.50. The molecule has 0 aliphatic heterocycles. The minimum atomic E-state index is -0.632. The summed E-state index contributed by atoms with van der Waals surface area (Å²) in [5.41, 5.74) is 4.50. The maximum absolute atomic E-state index is 12.5. The van der Waals surface area contributed by atoms with Crippen molar-refractivity contribution in [2.24, 2.45) is 23.2 Å². The summed E-state index contributed by atoms with van der Waals surface area (Å²) in [6.45, 7) is 0. The zero-order chi connectivity index (χ0) is 18.6. The first-order chi connectivity index (χ1) is 13.0. The van der Waals surface area contributed by atoms with Crippen LogP contribution in [0.1, 0.15) is 55.3 Å². The fourth-order valence-electron chi connectivity index (χ4n) is 6.07. The zero-order valence-electron chi connectivity index (χ0n) is 14.9. The molecule has 4 bridgehead atoms. The Morgan fingerprint density at radius 2 is 1.81 bits per heavy atom. The van der Waals surface area contributed by atoms with Crippen molar-refractivity contribution in [3.63, 3.8) is 0 Å². The summed E-state index contributed by atoms with van der Waals surface area (Å²) < 4.78 is 1.33. The molecule has 2 aromatic rings. The van der Waals surface area contributed by atoms with Crippen LogP contribution in [-0.2, 0) is 4.79 Å². The first-order valence-electron chi connectivity index (χ1n) is 9.55. The molecule has 8 heteroatoms. The van der Waals surface area contributed by atoms with Gasteiger partial charge in [-0.25, -0.2) is 4.98 Å². The Bertz CT molecular complexity index is 943. The van der Waals surface area contributed by atoms with E-state index >= 15 is 0 Å². The van der Waals surface area contributed by atoms with Gasteiger partial charge in [0, 0.05) is 24.2 Å². The molecule has 4 aliphatic rings. The number of hydrogen-bond acceptors (Lipinski definition) is 5. The maximum Gasteiger partial charge on any atom is 0.276 e. The smallest absolute Gasteiger partial charge is 0.273 e. The van der Waals surface area contributed by atoms with E-state index in [9.17, 15) is 14.4 Å². The third-order valence-electron chi connectivity index (χ3n) is 6.60. The van der Waals surface area contributed by atoms with Crippen LogP contribution in [0.5, 0.6) is 0 Å². The summed E-state index contributed by atoms with van der Waals surface area (Å²) in [5.74, 6) is 1.54. The Morgan fingerprint density at radius 1 is 1.15 bits per heavy atom. The summed E-state index contributed by atoms with van der Waals surface area (Å²) in [5, 5.41) is 1.73. The van der Waals surface area contributed by atoms with Crippen molar-refractivity contribution in [3.05, 3.63) is 33.7 Å². The van der Waals surface area contributed by atoms with E-state index in [-0.39, 0.29) is 16.9 Å². The summed E-state index contributed by atoms with van der Waals surface area (Å²) in [7, 11) is 0. The molecule has 2 N–H and O–H groups in total. The lowest BCUT2D eigenvalue weighted by molar-refractivity contribution is -0.130. The van der Waals surface area contributed by atoms with Crippen LogP contribution in [-0.4, -0.2) is 21.2 Å². The Hall–Kier alpha value is -2.22.